The lowest BCUT2D eigenvalue weighted by molar-refractivity contribution is -0.394. The Morgan fingerprint density at radius 3 is 2.08 bits per heavy atom. The largest absolute Gasteiger partial charge is 0.420 e. The highest BCUT2D eigenvalue weighted by atomic mass is 16.6. The molecular weight excluding hydrogens is 180 g/mol. The van der Waals surface area contributed by atoms with E-state index in [-0.39, 0.29) is 0 Å². The van der Waals surface area contributed by atoms with Gasteiger partial charge in [-0.25, -0.2) is 0 Å². The third-order valence-electron chi connectivity index (χ3n) is 0.935. The lowest BCUT2D eigenvalue weighted by atomic mass is 10.6. The van der Waals surface area contributed by atoms with Gasteiger partial charge in [0.05, 0.1) is 0 Å². The maximum Gasteiger partial charge on any atom is 0.420 e. The van der Waals surface area contributed by atoms with Gasteiger partial charge in [0, 0.05) is 0 Å². The normalized spacial score (nSPS) is 8.46. The molecule has 0 unspecified atom stereocenters. The fourth-order valence-electron chi connectivity index (χ4n) is 0.488. The Balaban J connectivity index is 0.000000671. The highest BCUT2D eigenvalue weighted by molar-refractivity contribution is 5.29. The molecule has 0 fully saturated rings. The number of nitrogens with zero attached hydrogens (tertiary/aromatic N) is 3. The van der Waals surface area contributed by atoms with Crippen LogP contribution < -0.4 is 0 Å². The first-order valence-electron chi connectivity index (χ1n) is 3.45. The molecule has 13 heavy (non-hydrogen) atoms. The maximum absolute atomic E-state index is 9.95. The highest BCUT2D eigenvalue weighted by Crippen LogP contribution is 2.13. The van der Waals surface area contributed by atoms with Crippen molar-refractivity contribution in [1.82, 2.24) is 10.2 Å². The Morgan fingerprint density at radius 1 is 1.31 bits per heavy atom. The molecule has 0 atom stereocenters. The van der Waals surface area contributed by atoms with Gasteiger partial charge in [-0.2, -0.15) is 0 Å². The molecule has 0 bridgehead atoms. The molecule has 1 heterocycles. The van der Waals surface area contributed by atoms with Gasteiger partial charge in [0.1, 0.15) is 11.2 Å². The molecule has 0 saturated carbocycles. The van der Waals surface area contributed by atoms with Gasteiger partial charge in [-0.05, 0) is 14.9 Å². The second-order valence-electron chi connectivity index (χ2n) is 1.63. The Kier molecular flexibility index (Phi) is 4.07. The van der Waals surface area contributed by atoms with E-state index in [0.29, 0.717) is 0 Å². The number of hydrogen-bond donors (Lipinski definition) is 1. The van der Waals surface area contributed by atoms with Crippen molar-refractivity contribution in [1.29, 1.82) is 0 Å². The molecule has 0 radical (unpaired) electrons. The molecule has 8 heteroatoms. The van der Waals surface area contributed by atoms with E-state index < -0.39 is 21.5 Å². The summed E-state index contributed by atoms with van der Waals surface area (Å²) >= 11 is 0. The van der Waals surface area contributed by atoms with E-state index in [9.17, 15) is 20.2 Å². The van der Waals surface area contributed by atoms with Gasteiger partial charge in [-0.3, -0.25) is 0 Å². The maximum atomic E-state index is 9.95. The quantitative estimate of drug-likeness (QED) is 0.553. The van der Waals surface area contributed by atoms with E-state index in [1.165, 1.54) is 0 Å². The monoisotopic (exact) mass is 188 g/mol. The fourth-order valence-corrected chi connectivity index (χ4v) is 0.488. The molecule has 0 spiro atoms. The molecule has 1 aromatic heterocycles. The Bertz CT molecular complexity index is 279. The number of nitro groups is 2. The van der Waals surface area contributed by atoms with Crippen molar-refractivity contribution in [2.24, 2.45) is 0 Å². The van der Waals surface area contributed by atoms with Crippen molar-refractivity contribution in [3.05, 3.63) is 26.3 Å². The van der Waals surface area contributed by atoms with E-state index in [1.807, 2.05) is 18.9 Å². The minimum atomic E-state index is -0.816. The van der Waals surface area contributed by atoms with Gasteiger partial charge in [-0.1, -0.05) is 13.8 Å². The summed E-state index contributed by atoms with van der Waals surface area (Å²) in [5, 5.41) is 24.9. The molecule has 72 valence electrons. The standard InChI is InChI=1S/C3H2N4O4.C2H6/c8-6(9)2-1-3(5-4-2)7(10)11;1-2/h1H,(H,4,5);1-2H3. The van der Waals surface area contributed by atoms with Crippen molar-refractivity contribution < 1.29 is 9.85 Å². The smallest absolute Gasteiger partial charge is 0.358 e. The van der Waals surface area contributed by atoms with Crippen LogP contribution in [0.1, 0.15) is 13.8 Å². The van der Waals surface area contributed by atoms with Crippen LogP contribution in [0.2, 0.25) is 0 Å². The molecule has 0 aliphatic carbocycles. The van der Waals surface area contributed by atoms with Gasteiger partial charge < -0.3 is 20.2 Å². The summed E-state index contributed by atoms with van der Waals surface area (Å²) in [6.07, 6.45) is 0. The molecule has 0 aliphatic heterocycles. The first-order chi connectivity index (χ1) is 6.11. The molecule has 1 N–H and O–H groups in total. The van der Waals surface area contributed by atoms with E-state index in [4.69, 9.17) is 0 Å². The summed E-state index contributed by atoms with van der Waals surface area (Å²) < 4.78 is 0. The summed E-state index contributed by atoms with van der Waals surface area (Å²) in [6.45, 7) is 4.00. The zero-order valence-electron chi connectivity index (χ0n) is 7.05. The number of H-pyrrole nitrogens is 1. The zero-order chi connectivity index (χ0) is 10.4. The number of nitrogens with one attached hydrogen (secondary N) is 1. The molecule has 0 amide bonds. The number of rotatable bonds is 2. The van der Waals surface area contributed by atoms with Crippen LogP contribution in [0.4, 0.5) is 11.6 Å². The number of aromatic nitrogens is 2. The van der Waals surface area contributed by atoms with Crippen molar-refractivity contribution >= 4 is 11.6 Å². The second kappa shape index (κ2) is 4.80. The second-order valence-corrected chi connectivity index (χ2v) is 1.63. The van der Waals surface area contributed by atoms with Gasteiger partial charge >= 0.3 is 11.6 Å². The van der Waals surface area contributed by atoms with Crippen LogP contribution in [-0.2, 0) is 0 Å². The van der Waals surface area contributed by atoms with Crippen molar-refractivity contribution in [2.45, 2.75) is 13.8 Å². The molecule has 1 rings (SSSR count). The van der Waals surface area contributed by atoms with Crippen LogP contribution in [0, 0.1) is 20.2 Å². The molecule has 0 aromatic carbocycles. The van der Waals surface area contributed by atoms with Crippen LogP contribution in [0.25, 0.3) is 0 Å². The molecular formula is C5H8N4O4. The molecule has 1 aromatic rings. The summed E-state index contributed by atoms with van der Waals surface area (Å²) in [6, 6.07) is 0.750. The summed E-state index contributed by atoms with van der Waals surface area (Å²) in [5.74, 6) is -1.05. The lowest BCUT2D eigenvalue weighted by Gasteiger charge is -1.82. The third kappa shape index (κ3) is 2.85. The van der Waals surface area contributed by atoms with E-state index in [0.717, 1.165) is 6.07 Å². The Morgan fingerprint density at radius 2 is 1.85 bits per heavy atom. The summed E-state index contributed by atoms with van der Waals surface area (Å²) in [5.41, 5.74) is 0. The van der Waals surface area contributed by atoms with E-state index in [1.54, 1.807) is 0 Å². The molecule has 0 saturated heterocycles. The summed E-state index contributed by atoms with van der Waals surface area (Å²) in [7, 11) is 0. The van der Waals surface area contributed by atoms with Gasteiger partial charge in [0.25, 0.3) is 0 Å². The SMILES string of the molecule is CC.O=[N+]([O-])c1cc([N+](=O)[O-])[nH]n1. The average molecular weight is 188 g/mol. The number of hydrogen-bond acceptors (Lipinski definition) is 5. The predicted molar refractivity (Wildman–Crippen MR) is 43.2 cm³/mol. The van der Waals surface area contributed by atoms with Crippen LogP contribution >= 0.6 is 0 Å². The Labute approximate surface area is 72.9 Å². The highest BCUT2D eigenvalue weighted by Gasteiger charge is 2.18. The first kappa shape index (κ1) is 11.0. The molecule has 0 aliphatic rings. The van der Waals surface area contributed by atoms with Crippen LogP contribution in [0.5, 0.6) is 0 Å². The fraction of sp³-hybridized carbons (Fsp3) is 0.400. The van der Waals surface area contributed by atoms with Gasteiger partial charge in [0.2, 0.25) is 0 Å². The van der Waals surface area contributed by atoms with Crippen LogP contribution in [-0.4, -0.2) is 20.0 Å². The number of aromatic amines is 1. The first-order valence-corrected chi connectivity index (χ1v) is 3.45. The Hall–Kier alpha value is -1.99. The lowest BCUT2D eigenvalue weighted by Crippen LogP contribution is -1.86. The van der Waals surface area contributed by atoms with Crippen LogP contribution in [0.15, 0.2) is 6.07 Å². The van der Waals surface area contributed by atoms with E-state index in [2.05, 4.69) is 5.10 Å². The van der Waals surface area contributed by atoms with Gasteiger partial charge in [0.15, 0.2) is 0 Å². The molecule has 8 nitrogen and oxygen atoms in total. The van der Waals surface area contributed by atoms with Crippen molar-refractivity contribution in [3.63, 3.8) is 0 Å². The summed E-state index contributed by atoms with van der Waals surface area (Å²) in [4.78, 5) is 18.3. The average Bonchev–Trinajstić information content (AvgIpc) is 2.56. The minimum absolute atomic E-state index is 0.489. The van der Waals surface area contributed by atoms with Gasteiger partial charge in [-0.15, -0.1) is 0 Å². The zero-order valence-corrected chi connectivity index (χ0v) is 7.05. The topological polar surface area (TPSA) is 115 Å². The van der Waals surface area contributed by atoms with Crippen molar-refractivity contribution in [2.75, 3.05) is 0 Å². The van der Waals surface area contributed by atoms with Crippen molar-refractivity contribution in [3.8, 4) is 0 Å². The minimum Gasteiger partial charge on any atom is -0.358 e. The van der Waals surface area contributed by atoms with Crippen LogP contribution in [0.3, 0.4) is 0 Å². The predicted octanol–water partition coefficient (Wildman–Crippen LogP) is 1.25. The van der Waals surface area contributed by atoms with E-state index >= 15 is 0 Å². The third-order valence-corrected chi connectivity index (χ3v) is 0.935.